The van der Waals surface area contributed by atoms with Crippen molar-refractivity contribution in [2.45, 2.75) is 303 Å². The highest BCUT2D eigenvalue weighted by Crippen LogP contribution is 2.16. The molecule has 0 N–H and O–H groups in total. The maximum atomic E-state index is 12.8. The fourth-order valence-corrected chi connectivity index (χ4v) is 8.75. The van der Waals surface area contributed by atoms with Gasteiger partial charge >= 0.3 is 17.9 Å². The fraction of sp³-hybridized carbons (Fsp3) is 0.700. The van der Waals surface area contributed by atoms with E-state index in [9.17, 15) is 14.4 Å². The van der Waals surface area contributed by atoms with Crippen LogP contribution in [0.1, 0.15) is 297 Å². The van der Waals surface area contributed by atoms with Gasteiger partial charge in [0.15, 0.2) is 6.10 Å². The first-order valence-electron chi connectivity index (χ1n) is 31.9. The van der Waals surface area contributed by atoms with Crippen molar-refractivity contribution in [3.63, 3.8) is 0 Å². The minimum Gasteiger partial charge on any atom is -0.462 e. The minimum absolute atomic E-state index is 0.0803. The van der Waals surface area contributed by atoms with Crippen LogP contribution >= 0.6 is 0 Å². The quantitative estimate of drug-likeness (QED) is 0.0261. The van der Waals surface area contributed by atoms with E-state index in [-0.39, 0.29) is 31.1 Å². The summed E-state index contributed by atoms with van der Waals surface area (Å²) in [5, 5.41) is 0. The van der Waals surface area contributed by atoms with Gasteiger partial charge in [-0.2, -0.15) is 0 Å². The number of carbonyl (C=O) groups is 3. The van der Waals surface area contributed by atoms with E-state index in [2.05, 4.69) is 130 Å². The molecule has 0 aliphatic carbocycles. The van der Waals surface area contributed by atoms with Crippen LogP contribution in [0.5, 0.6) is 0 Å². The maximum Gasteiger partial charge on any atom is 0.306 e. The molecule has 0 heterocycles. The lowest BCUT2D eigenvalue weighted by Gasteiger charge is -2.18. The highest BCUT2D eigenvalue weighted by molar-refractivity contribution is 5.71. The standard InChI is InChI=1S/C70H118O6/c1-4-7-10-13-15-17-19-21-23-25-27-28-29-30-31-32-33-34-35-36-37-38-39-40-41-42-43-45-46-48-50-52-54-57-60-63-69(72)75-66-67(65-74-68(71)62-59-56-12-9-6-3)76-70(73)64-61-58-55-53-51-49-47-44-26-24-22-20-18-16-14-11-8-5-2/h7,10,15,17-18,20-21,23-24,26-28,30-31,33-34,36-37,67H,4-6,8-9,11-14,16,19,22,25,29,32,35,38-66H2,1-3H3/b10-7-,17-15-,20-18-,23-21-,26-24-,28-27-,31-30-,34-33-,37-36-. The van der Waals surface area contributed by atoms with Crippen LogP contribution in [0.2, 0.25) is 0 Å². The molecule has 0 spiro atoms. The number of allylic oxidation sites excluding steroid dienone is 18. The van der Waals surface area contributed by atoms with Crippen LogP contribution in [0.25, 0.3) is 0 Å². The van der Waals surface area contributed by atoms with E-state index < -0.39 is 6.10 Å². The first-order valence-corrected chi connectivity index (χ1v) is 31.9. The zero-order valence-electron chi connectivity index (χ0n) is 49.7. The lowest BCUT2D eigenvalue weighted by molar-refractivity contribution is -0.167. The Morgan fingerprint density at radius 2 is 0.513 bits per heavy atom. The van der Waals surface area contributed by atoms with Crippen molar-refractivity contribution in [1.29, 1.82) is 0 Å². The summed E-state index contributed by atoms with van der Waals surface area (Å²) in [5.41, 5.74) is 0. The lowest BCUT2D eigenvalue weighted by Crippen LogP contribution is -2.30. The first kappa shape index (κ1) is 72.1. The summed E-state index contributed by atoms with van der Waals surface area (Å²) in [4.78, 5) is 37.9. The molecule has 0 aromatic carbocycles. The first-order chi connectivity index (χ1) is 37.5. The Kier molecular flexibility index (Phi) is 60.3. The van der Waals surface area contributed by atoms with Crippen LogP contribution < -0.4 is 0 Å². The SMILES string of the molecule is CC/C=C\C/C=C\C/C=C\C/C=C\C/C=C\C/C=C\C/C=C\CCCCCCCCCCCCCCCC(=O)OCC(COC(=O)CCCCCCC)OC(=O)CCCCCCCCC/C=C\C/C=C\CCCCCC. The van der Waals surface area contributed by atoms with E-state index >= 15 is 0 Å². The summed E-state index contributed by atoms with van der Waals surface area (Å²) in [5.74, 6) is -0.898. The molecule has 76 heavy (non-hydrogen) atoms. The molecule has 6 heteroatoms. The molecule has 0 bridgehead atoms. The molecule has 434 valence electrons. The van der Waals surface area contributed by atoms with Gasteiger partial charge in [0.1, 0.15) is 13.2 Å². The molecule has 0 fully saturated rings. The molecule has 6 nitrogen and oxygen atoms in total. The molecule has 0 radical (unpaired) electrons. The third-order valence-corrected chi connectivity index (χ3v) is 13.5. The molecule has 0 amide bonds. The molecule has 0 aliphatic heterocycles. The number of rotatable bonds is 57. The Balaban J connectivity index is 4.00. The second-order valence-corrected chi connectivity index (χ2v) is 20.9. The summed E-state index contributed by atoms with van der Waals surface area (Å²) in [6, 6.07) is 0. The van der Waals surface area contributed by atoms with E-state index in [1.165, 1.54) is 135 Å². The number of hydrogen-bond donors (Lipinski definition) is 0. The average Bonchev–Trinajstić information content (AvgIpc) is 3.42. The largest absolute Gasteiger partial charge is 0.462 e. The average molecular weight is 1060 g/mol. The third-order valence-electron chi connectivity index (χ3n) is 13.5. The van der Waals surface area contributed by atoms with Crippen LogP contribution in [0.3, 0.4) is 0 Å². The molecule has 1 atom stereocenters. The van der Waals surface area contributed by atoms with Crippen molar-refractivity contribution in [2.24, 2.45) is 0 Å². The second-order valence-electron chi connectivity index (χ2n) is 20.9. The van der Waals surface area contributed by atoms with Crippen LogP contribution in [-0.2, 0) is 28.6 Å². The molecule has 0 aromatic heterocycles. The zero-order valence-corrected chi connectivity index (χ0v) is 49.7. The lowest BCUT2D eigenvalue weighted by atomic mass is 10.0. The predicted octanol–water partition coefficient (Wildman–Crippen LogP) is 21.8. The van der Waals surface area contributed by atoms with Gasteiger partial charge in [-0.25, -0.2) is 0 Å². The third kappa shape index (κ3) is 60.9. The molecule has 0 rings (SSSR count). The van der Waals surface area contributed by atoms with E-state index in [0.29, 0.717) is 19.3 Å². The van der Waals surface area contributed by atoms with Gasteiger partial charge in [-0.1, -0.05) is 278 Å². The molecule has 0 aromatic rings. The molecule has 0 saturated carbocycles. The Hall–Kier alpha value is -3.93. The second kappa shape index (κ2) is 63.6. The number of unbranched alkanes of at least 4 members (excludes halogenated alkanes) is 28. The summed E-state index contributed by atoms with van der Waals surface area (Å²) in [7, 11) is 0. The van der Waals surface area contributed by atoms with Crippen LogP contribution in [0, 0.1) is 0 Å². The van der Waals surface area contributed by atoms with Crippen molar-refractivity contribution in [3.8, 4) is 0 Å². The van der Waals surface area contributed by atoms with Gasteiger partial charge in [0.25, 0.3) is 0 Å². The molecular weight excluding hydrogens is 937 g/mol. The monoisotopic (exact) mass is 1050 g/mol. The van der Waals surface area contributed by atoms with E-state index in [0.717, 1.165) is 122 Å². The van der Waals surface area contributed by atoms with E-state index in [1.807, 2.05) is 0 Å². The van der Waals surface area contributed by atoms with Gasteiger partial charge in [-0.3, -0.25) is 14.4 Å². The van der Waals surface area contributed by atoms with Gasteiger partial charge in [-0.15, -0.1) is 0 Å². The Morgan fingerprint density at radius 1 is 0.276 bits per heavy atom. The number of esters is 3. The van der Waals surface area contributed by atoms with Crippen LogP contribution in [0.15, 0.2) is 109 Å². The van der Waals surface area contributed by atoms with Crippen LogP contribution in [-0.4, -0.2) is 37.2 Å². The van der Waals surface area contributed by atoms with Crippen LogP contribution in [0.4, 0.5) is 0 Å². The van der Waals surface area contributed by atoms with E-state index in [4.69, 9.17) is 14.2 Å². The van der Waals surface area contributed by atoms with Gasteiger partial charge in [0.05, 0.1) is 0 Å². The van der Waals surface area contributed by atoms with E-state index in [1.54, 1.807) is 0 Å². The van der Waals surface area contributed by atoms with Gasteiger partial charge in [-0.05, 0) is 109 Å². The normalized spacial score (nSPS) is 12.8. The van der Waals surface area contributed by atoms with Crippen molar-refractivity contribution >= 4 is 17.9 Å². The summed E-state index contributed by atoms with van der Waals surface area (Å²) in [6.45, 7) is 6.43. The van der Waals surface area contributed by atoms with Crippen molar-refractivity contribution < 1.29 is 28.6 Å². The number of ether oxygens (including phenoxy) is 3. The summed E-state index contributed by atoms with van der Waals surface area (Å²) in [6.07, 6.45) is 87.2. The smallest absolute Gasteiger partial charge is 0.306 e. The summed E-state index contributed by atoms with van der Waals surface area (Å²) < 4.78 is 16.7. The highest BCUT2D eigenvalue weighted by atomic mass is 16.6. The Labute approximate surface area is 470 Å². The molecule has 1 unspecified atom stereocenters. The Morgan fingerprint density at radius 3 is 0.816 bits per heavy atom. The van der Waals surface area contributed by atoms with Gasteiger partial charge in [0.2, 0.25) is 0 Å². The predicted molar refractivity (Wildman–Crippen MR) is 330 cm³/mol. The van der Waals surface area contributed by atoms with Crippen molar-refractivity contribution in [2.75, 3.05) is 13.2 Å². The fourth-order valence-electron chi connectivity index (χ4n) is 8.75. The molecule has 0 aliphatic rings. The minimum atomic E-state index is -0.779. The van der Waals surface area contributed by atoms with Gasteiger partial charge < -0.3 is 14.2 Å². The number of carbonyl (C=O) groups excluding carboxylic acids is 3. The molecule has 0 saturated heterocycles. The van der Waals surface area contributed by atoms with Crippen molar-refractivity contribution in [1.82, 2.24) is 0 Å². The number of hydrogen-bond acceptors (Lipinski definition) is 6. The highest BCUT2D eigenvalue weighted by Gasteiger charge is 2.19. The van der Waals surface area contributed by atoms with Gasteiger partial charge in [0, 0.05) is 19.3 Å². The topological polar surface area (TPSA) is 78.9 Å². The maximum absolute atomic E-state index is 12.8. The summed E-state index contributed by atoms with van der Waals surface area (Å²) >= 11 is 0. The Bertz CT molecular complexity index is 1540. The van der Waals surface area contributed by atoms with Crippen molar-refractivity contribution in [3.05, 3.63) is 109 Å². The zero-order chi connectivity index (χ0) is 55.0. The molecular formula is C70H118O6.